The highest BCUT2D eigenvalue weighted by Crippen LogP contribution is 2.19. The van der Waals surface area contributed by atoms with Gasteiger partial charge in [-0.05, 0) is 18.2 Å². The Kier molecular flexibility index (Phi) is 2.45. The van der Waals surface area contributed by atoms with E-state index in [4.69, 9.17) is 5.11 Å². The van der Waals surface area contributed by atoms with Crippen LogP contribution in [0.25, 0.3) is 17.0 Å². The third kappa shape index (κ3) is 1.90. The molecule has 0 amide bonds. The second-order valence-corrected chi connectivity index (χ2v) is 3.79. The first-order valence-corrected chi connectivity index (χ1v) is 5.36. The minimum absolute atomic E-state index is 0.152. The molecule has 6 nitrogen and oxygen atoms in total. The molecular formula is C12H7FN4O2. The van der Waals surface area contributed by atoms with Crippen LogP contribution in [0, 0.1) is 5.82 Å². The highest BCUT2D eigenvalue weighted by molar-refractivity contribution is 5.83. The zero-order chi connectivity index (χ0) is 13.4. The lowest BCUT2D eigenvalue weighted by atomic mass is 10.1. The molecule has 0 aliphatic heterocycles. The summed E-state index contributed by atoms with van der Waals surface area (Å²) in [6.07, 6.45) is 1.47. The third-order valence-electron chi connectivity index (χ3n) is 2.55. The highest BCUT2D eigenvalue weighted by Gasteiger charge is 2.14. The van der Waals surface area contributed by atoms with Gasteiger partial charge in [0.25, 0.3) is 11.6 Å². The number of halogens is 1. The van der Waals surface area contributed by atoms with Crippen molar-refractivity contribution in [1.82, 2.24) is 19.6 Å². The van der Waals surface area contributed by atoms with Crippen LogP contribution in [-0.4, -0.2) is 30.7 Å². The van der Waals surface area contributed by atoms with E-state index in [1.165, 1.54) is 22.8 Å². The Balaban J connectivity index is 2.26. The van der Waals surface area contributed by atoms with E-state index in [0.29, 0.717) is 11.3 Å². The van der Waals surface area contributed by atoms with Crippen molar-refractivity contribution in [3.8, 4) is 11.3 Å². The Bertz CT molecular complexity index is 784. The number of fused-ring (bicyclic) bond motifs is 1. The lowest BCUT2D eigenvalue weighted by Crippen LogP contribution is -2.00. The van der Waals surface area contributed by atoms with Crippen LogP contribution < -0.4 is 0 Å². The van der Waals surface area contributed by atoms with Crippen molar-refractivity contribution < 1.29 is 14.3 Å². The van der Waals surface area contributed by atoms with Crippen molar-refractivity contribution in [3.05, 3.63) is 48.2 Å². The Morgan fingerprint density at radius 2 is 2.16 bits per heavy atom. The average molecular weight is 258 g/mol. The van der Waals surface area contributed by atoms with Crippen LogP contribution in [-0.2, 0) is 0 Å². The molecule has 0 radical (unpaired) electrons. The normalized spacial score (nSPS) is 10.8. The van der Waals surface area contributed by atoms with E-state index < -0.39 is 5.97 Å². The number of hydrogen-bond donors (Lipinski definition) is 1. The van der Waals surface area contributed by atoms with Crippen molar-refractivity contribution >= 4 is 11.7 Å². The molecule has 0 aliphatic rings. The van der Waals surface area contributed by atoms with Crippen LogP contribution in [0.1, 0.15) is 10.6 Å². The maximum Gasteiger partial charge on any atom is 0.375 e. The first kappa shape index (κ1) is 11.3. The van der Waals surface area contributed by atoms with Crippen molar-refractivity contribution in [1.29, 1.82) is 0 Å². The smallest absolute Gasteiger partial charge is 0.375 e. The molecule has 3 aromatic rings. The van der Waals surface area contributed by atoms with Gasteiger partial charge in [-0.2, -0.15) is 9.50 Å². The van der Waals surface area contributed by atoms with Crippen molar-refractivity contribution in [2.75, 3.05) is 0 Å². The summed E-state index contributed by atoms with van der Waals surface area (Å²) in [5, 5.41) is 12.7. The van der Waals surface area contributed by atoms with E-state index in [0.717, 1.165) is 0 Å². The Morgan fingerprint density at radius 3 is 2.89 bits per heavy atom. The molecule has 1 N–H and O–H groups in total. The molecule has 0 atom stereocenters. The van der Waals surface area contributed by atoms with Gasteiger partial charge in [0.15, 0.2) is 0 Å². The van der Waals surface area contributed by atoms with Crippen molar-refractivity contribution in [3.63, 3.8) is 0 Å². The van der Waals surface area contributed by atoms with Crippen LogP contribution in [0.5, 0.6) is 0 Å². The predicted octanol–water partition coefficient (Wildman–Crippen LogP) is 1.63. The van der Waals surface area contributed by atoms with E-state index in [-0.39, 0.29) is 17.4 Å². The lowest BCUT2D eigenvalue weighted by molar-refractivity contribution is 0.0684. The summed E-state index contributed by atoms with van der Waals surface area (Å²) in [4.78, 5) is 18.5. The van der Waals surface area contributed by atoms with E-state index in [1.54, 1.807) is 18.2 Å². The van der Waals surface area contributed by atoms with Gasteiger partial charge in [0.1, 0.15) is 5.82 Å². The summed E-state index contributed by atoms with van der Waals surface area (Å²) in [6, 6.07) is 7.52. The van der Waals surface area contributed by atoms with Crippen molar-refractivity contribution in [2.24, 2.45) is 0 Å². The second-order valence-electron chi connectivity index (χ2n) is 3.79. The number of carbonyl (C=O) groups is 1. The van der Waals surface area contributed by atoms with Gasteiger partial charge in [-0.25, -0.2) is 14.2 Å². The summed E-state index contributed by atoms with van der Waals surface area (Å²) >= 11 is 0. The first-order chi connectivity index (χ1) is 9.15. The predicted molar refractivity (Wildman–Crippen MR) is 63.1 cm³/mol. The molecule has 0 unspecified atom stereocenters. The molecular weight excluding hydrogens is 251 g/mol. The highest BCUT2D eigenvalue weighted by atomic mass is 19.1. The number of carboxylic acid groups (broad SMARTS) is 1. The fraction of sp³-hybridized carbons (Fsp3) is 0. The van der Waals surface area contributed by atoms with Crippen LogP contribution in [0.3, 0.4) is 0 Å². The maximum atomic E-state index is 13.2. The minimum atomic E-state index is -1.24. The molecule has 1 aromatic carbocycles. The lowest BCUT2D eigenvalue weighted by Gasteiger charge is -2.03. The first-order valence-electron chi connectivity index (χ1n) is 5.36. The summed E-state index contributed by atoms with van der Waals surface area (Å²) in [7, 11) is 0. The van der Waals surface area contributed by atoms with E-state index in [9.17, 15) is 9.18 Å². The molecule has 2 aromatic heterocycles. The standard InChI is InChI=1S/C12H7FN4O2/c13-8-3-1-2-7(6-8)9-4-5-14-12-15-10(11(18)19)16-17(9)12/h1-6H,(H,18,19). The fourth-order valence-electron chi connectivity index (χ4n) is 1.75. The van der Waals surface area contributed by atoms with E-state index in [1.807, 2.05) is 0 Å². The Morgan fingerprint density at radius 1 is 1.32 bits per heavy atom. The molecule has 19 heavy (non-hydrogen) atoms. The molecule has 0 saturated heterocycles. The molecule has 0 fully saturated rings. The molecule has 0 saturated carbocycles. The van der Waals surface area contributed by atoms with Gasteiger partial charge in [-0.3, -0.25) is 0 Å². The number of rotatable bonds is 2. The molecule has 0 aliphatic carbocycles. The number of aromatic nitrogens is 4. The zero-order valence-electron chi connectivity index (χ0n) is 9.49. The maximum absolute atomic E-state index is 13.2. The van der Waals surface area contributed by atoms with Crippen molar-refractivity contribution in [2.45, 2.75) is 0 Å². The number of aromatic carboxylic acids is 1. The third-order valence-corrected chi connectivity index (χ3v) is 2.55. The monoisotopic (exact) mass is 258 g/mol. The molecule has 94 valence electrons. The van der Waals surface area contributed by atoms with Gasteiger partial charge in [0, 0.05) is 11.8 Å². The van der Waals surface area contributed by atoms with Gasteiger partial charge in [-0.1, -0.05) is 12.1 Å². The van der Waals surface area contributed by atoms with Gasteiger partial charge < -0.3 is 5.11 Å². The van der Waals surface area contributed by atoms with Gasteiger partial charge in [-0.15, -0.1) is 5.10 Å². The quantitative estimate of drug-likeness (QED) is 0.755. The average Bonchev–Trinajstić information content (AvgIpc) is 2.82. The molecule has 2 heterocycles. The largest absolute Gasteiger partial charge is 0.475 e. The zero-order valence-corrected chi connectivity index (χ0v) is 9.49. The number of benzene rings is 1. The summed E-state index contributed by atoms with van der Waals surface area (Å²) in [5.41, 5.74) is 1.08. The second kappa shape index (κ2) is 4.13. The van der Waals surface area contributed by atoms with E-state index in [2.05, 4.69) is 15.1 Å². The fourth-order valence-corrected chi connectivity index (χ4v) is 1.75. The van der Waals surface area contributed by atoms with Crippen LogP contribution in [0.2, 0.25) is 0 Å². The molecule has 0 bridgehead atoms. The van der Waals surface area contributed by atoms with Crippen LogP contribution in [0.4, 0.5) is 4.39 Å². The summed E-state index contributed by atoms with van der Waals surface area (Å²) in [6.45, 7) is 0. The molecule has 0 spiro atoms. The molecule has 3 rings (SSSR count). The minimum Gasteiger partial charge on any atom is -0.475 e. The van der Waals surface area contributed by atoms with Gasteiger partial charge in [0.2, 0.25) is 0 Å². The SMILES string of the molecule is O=C(O)c1nc2nccc(-c3cccc(F)c3)n2n1. The van der Waals surface area contributed by atoms with E-state index >= 15 is 0 Å². The molecule has 7 heteroatoms. The van der Waals surface area contributed by atoms with Gasteiger partial charge >= 0.3 is 5.97 Å². The number of nitrogens with zero attached hydrogens (tertiary/aromatic N) is 4. The van der Waals surface area contributed by atoms with Gasteiger partial charge in [0.05, 0.1) is 5.69 Å². The topological polar surface area (TPSA) is 80.4 Å². The Labute approximate surface area is 106 Å². The Hall–Kier alpha value is -2.83. The van der Waals surface area contributed by atoms with Crippen LogP contribution >= 0.6 is 0 Å². The summed E-state index contributed by atoms with van der Waals surface area (Å²) in [5.74, 6) is -1.83. The summed E-state index contributed by atoms with van der Waals surface area (Å²) < 4.78 is 14.5. The number of hydrogen-bond acceptors (Lipinski definition) is 4. The number of carboxylic acids is 1. The van der Waals surface area contributed by atoms with Crippen LogP contribution in [0.15, 0.2) is 36.5 Å².